The highest BCUT2D eigenvalue weighted by molar-refractivity contribution is 9.10. The first-order valence-corrected chi connectivity index (χ1v) is 9.85. The molecule has 0 amide bonds. The van der Waals surface area contributed by atoms with Crippen molar-refractivity contribution < 1.29 is 19.1 Å². The minimum absolute atomic E-state index is 0.229. The summed E-state index contributed by atoms with van der Waals surface area (Å²) in [6.45, 7) is 2.43. The van der Waals surface area contributed by atoms with Gasteiger partial charge in [-0.3, -0.25) is 4.98 Å². The van der Waals surface area contributed by atoms with Crippen molar-refractivity contribution in [2.45, 2.75) is 50.9 Å². The van der Waals surface area contributed by atoms with Crippen LogP contribution in [0.25, 0.3) is 10.9 Å². The average Bonchev–Trinajstić information content (AvgIpc) is 2.69. The summed E-state index contributed by atoms with van der Waals surface area (Å²) in [6, 6.07) is 7.87. The molecule has 0 atom stereocenters. The minimum Gasteiger partial charge on any atom is -0.465 e. The van der Waals surface area contributed by atoms with E-state index in [1.54, 1.807) is 6.07 Å². The molecular weight excluding hydrogens is 410 g/mol. The molecule has 5 rings (SSSR count). The van der Waals surface area contributed by atoms with Crippen molar-refractivity contribution in [3.63, 3.8) is 0 Å². The fourth-order valence-electron chi connectivity index (χ4n) is 4.52. The summed E-state index contributed by atoms with van der Waals surface area (Å²) in [5.41, 5.74) is 3.42. The molecule has 1 heterocycles. The van der Waals surface area contributed by atoms with E-state index in [-0.39, 0.29) is 17.5 Å². The van der Waals surface area contributed by atoms with E-state index in [0.717, 1.165) is 15.4 Å². The van der Waals surface area contributed by atoms with Gasteiger partial charge >= 0.3 is 12.1 Å². The number of benzene rings is 1. The predicted octanol–water partition coefficient (Wildman–Crippen LogP) is 4.81. The Labute approximate surface area is 166 Å². The fraction of sp³-hybridized carbons (Fsp3) is 0.476. The Balaban J connectivity index is 0.000000659. The highest BCUT2D eigenvalue weighted by atomic mass is 79.9. The van der Waals surface area contributed by atoms with Crippen LogP contribution in [0.3, 0.4) is 0 Å². The van der Waals surface area contributed by atoms with Gasteiger partial charge in [-0.25, -0.2) is 4.79 Å². The van der Waals surface area contributed by atoms with Gasteiger partial charge in [-0.1, -0.05) is 13.0 Å². The maximum atomic E-state index is 12.0. The molecule has 3 aliphatic rings. The molecule has 142 valence electrons. The number of ether oxygens (including phenoxy) is 1. The Morgan fingerprint density at radius 2 is 1.67 bits per heavy atom. The molecule has 0 aliphatic heterocycles. The first kappa shape index (κ1) is 19.7. The summed E-state index contributed by atoms with van der Waals surface area (Å²) in [6.07, 6.45) is 7.85. The van der Waals surface area contributed by atoms with Crippen LogP contribution in [0.2, 0.25) is 0 Å². The van der Waals surface area contributed by atoms with Crippen LogP contribution in [0.5, 0.6) is 0 Å². The summed E-state index contributed by atoms with van der Waals surface area (Å²) in [4.78, 5) is 33.3. The van der Waals surface area contributed by atoms with Crippen LogP contribution in [0.15, 0.2) is 28.7 Å². The van der Waals surface area contributed by atoms with E-state index >= 15 is 0 Å². The van der Waals surface area contributed by atoms with Crippen LogP contribution < -0.4 is 0 Å². The molecule has 6 heteroatoms. The van der Waals surface area contributed by atoms with Gasteiger partial charge in [-0.2, -0.15) is 9.59 Å². The lowest BCUT2D eigenvalue weighted by Gasteiger charge is -2.52. The van der Waals surface area contributed by atoms with Crippen LogP contribution in [0, 0.1) is 5.41 Å². The number of aromatic nitrogens is 1. The molecule has 0 unspecified atom stereocenters. The van der Waals surface area contributed by atoms with Gasteiger partial charge in [0.2, 0.25) is 0 Å². The molecule has 0 N–H and O–H groups in total. The van der Waals surface area contributed by atoms with Gasteiger partial charge in [-0.15, -0.1) is 0 Å². The summed E-state index contributed by atoms with van der Waals surface area (Å²) < 4.78 is 5.84. The third-order valence-electron chi connectivity index (χ3n) is 6.38. The van der Waals surface area contributed by atoms with Gasteiger partial charge in [-0.05, 0) is 78.1 Å². The third kappa shape index (κ3) is 3.56. The van der Waals surface area contributed by atoms with Crippen molar-refractivity contribution in [3.05, 3.63) is 40.0 Å². The van der Waals surface area contributed by atoms with E-state index < -0.39 is 0 Å². The Hall–Kier alpha value is -2.04. The number of pyridine rings is 1. The number of halogens is 1. The van der Waals surface area contributed by atoms with Gasteiger partial charge in [0.25, 0.3) is 0 Å². The van der Waals surface area contributed by atoms with Crippen molar-refractivity contribution in [2.24, 2.45) is 5.41 Å². The van der Waals surface area contributed by atoms with Crippen LogP contribution in [-0.4, -0.2) is 24.2 Å². The minimum atomic E-state index is -0.314. The number of carbonyl (C=O) groups is 1. The zero-order valence-electron chi connectivity index (χ0n) is 15.5. The summed E-state index contributed by atoms with van der Waals surface area (Å²) in [5, 5.41) is 0.854. The Kier molecular flexibility index (Phi) is 5.50. The lowest BCUT2D eigenvalue weighted by atomic mass is 9.53. The highest BCUT2D eigenvalue weighted by Crippen LogP contribution is 2.57. The average molecular weight is 432 g/mol. The van der Waals surface area contributed by atoms with Gasteiger partial charge in [0.05, 0.1) is 18.2 Å². The maximum Gasteiger partial charge on any atom is 0.373 e. The van der Waals surface area contributed by atoms with Crippen molar-refractivity contribution in [3.8, 4) is 0 Å². The monoisotopic (exact) mass is 431 g/mol. The second kappa shape index (κ2) is 7.53. The molecule has 0 radical (unpaired) electrons. The SMILES string of the molecule is COC(=O)c1ccc(Br)c2nc(C34CCC(C)(CC3)CC4)ccc12.O=C=O. The normalized spacial score (nSPS) is 26.0. The van der Waals surface area contributed by atoms with Crippen molar-refractivity contribution >= 4 is 39.0 Å². The molecule has 0 spiro atoms. The van der Waals surface area contributed by atoms with Gasteiger partial charge in [0.1, 0.15) is 0 Å². The van der Waals surface area contributed by atoms with Gasteiger partial charge in [0.15, 0.2) is 0 Å². The second-order valence-corrected chi connectivity index (χ2v) is 8.71. The second-order valence-electron chi connectivity index (χ2n) is 7.85. The van der Waals surface area contributed by atoms with E-state index in [0.29, 0.717) is 11.0 Å². The molecule has 2 bridgehead atoms. The van der Waals surface area contributed by atoms with Crippen molar-refractivity contribution in [2.75, 3.05) is 7.11 Å². The van der Waals surface area contributed by atoms with Crippen molar-refractivity contribution in [1.82, 2.24) is 4.98 Å². The van der Waals surface area contributed by atoms with Crippen LogP contribution >= 0.6 is 15.9 Å². The van der Waals surface area contributed by atoms with E-state index in [4.69, 9.17) is 19.3 Å². The molecule has 5 nitrogen and oxygen atoms in total. The molecule has 1 aromatic carbocycles. The molecule has 27 heavy (non-hydrogen) atoms. The molecule has 3 fully saturated rings. The molecule has 2 aromatic rings. The smallest absolute Gasteiger partial charge is 0.373 e. The van der Waals surface area contributed by atoms with Gasteiger partial charge in [0, 0.05) is 21.0 Å². The van der Waals surface area contributed by atoms with E-state index in [1.807, 2.05) is 12.1 Å². The molecule has 3 saturated carbocycles. The Morgan fingerprint density at radius 3 is 2.22 bits per heavy atom. The maximum absolute atomic E-state index is 12.0. The predicted molar refractivity (Wildman–Crippen MR) is 103 cm³/mol. The number of methoxy groups -OCH3 is 1. The fourth-order valence-corrected chi connectivity index (χ4v) is 4.96. The zero-order chi connectivity index (χ0) is 19.7. The highest BCUT2D eigenvalue weighted by Gasteiger charge is 2.47. The zero-order valence-corrected chi connectivity index (χ0v) is 17.1. The lowest BCUT2D eigenvalue weighted by Crippen LogP contribution is -2.43. The summed E-state index contributed by atoms with van der Waals surface area (Å²) in [7, 11) is 1.41. The number of esters is 1. The third-order valence-corrected chi connectivity index (χ3v) is 7.02. The molecular formula is C21H22BrNO4. The van der Waals surface area contributed by atoms with Gasteiger partial charge < -0.3 is 4.74 Å². The van der Waals surface area contributed by atoms with E-state index in [9.17, 15) is 4.79 Å². The molecule has 1 aromatic heterocycles. The first-order valence-electron chi connectivity index (χ1n) is 9.05. The number of rotatable bonds is 2. The first-order chi connectivity index (χ1) is 12.9. The molecule has 0 saturated heterocycles. The largest absolute Gasteiger partial charge is 0.465 e. The van der Waals surface area contributed by atoms with Crippen LogP contribution in [-0.2, 0) is 19.7 Å². The lowest BCUT2D eigenvalue weighted by molar-refractivity contribution is -0.191. The topological polar surface area (TPSA) is 73.3 Å². The number of fused-ring (bicyclic) bond motifs is 4. The quantitative estimate of drug-likeness (QED) is 0.637. The summed E-state index contributed by atoms with van der Waals surface area (Å²) >= 11 is 3.60. The number of nitrogens with zero attached hydrogens (tertiary/aromatic N) is 1. The Bertz CT molecular complexity index is 893. The summed E-state index contributed by atoms with van der Waals surface area (Å²) in [5.74, 6) is -0.314. The Morgan fingerprint density at radius 1 is 1.07 bits per heavy atom. The molecule has 3 aliphatic carbocycles. The number of hydrogen-bond acceptors (Lipinski definition) is 5. The number of carbonyl (C=O) groups excluding carboxylic acids is 3. The standard InChI is InChI=1S/C20H22BrNO2.CO2/c1-19-7-10-20(11-8-19,12-9-19)16-6-4-13-14(18(23)24-2)3-5-15(21)17(13)22-16;2-1-3/h3-6H,7-12H2,1-2H3;. The van der Waals surface area contributed by atoms with Crippen LogP contribution in [0.4, 0.5) is 0 Å². The van der Waals surface area contributed by atoms with E-state index in [1.165, 1.54) is 51.3 Å². The number of hydrogen-bond donors (Lipinski definition) is 0. The van der Waals surface area contributed by atoms with Crippen molar-refractivity contribution in [1.29, 1.82) is 0 Å². The van der Waals surface area contributed by atoms with E-state index in [2.05, 4.69) is 28.9 Å². The van der Waals surface area contributed by atoms with Crippen LogP contribution in [0.1, 0.15) is 61.5 Å².